The normalized spacial score (nSPS) is 13.8. The number of fused-ring (bicyclic) bond motifs is 2. The van der Waals surface area contributed by atoms with Crippen molar-refractivity contribution in [2.24, 2.45) is 0 Å². The second kappa shape index (κ2) is 4.81. The number of rotatable bonds is 2. The van der Waals surface area contributed by atoms with Crippen molar-refractivity contribution in [1.82, 2.24) is 9.97 Å². The summed E-state index contributed by atoms with van der Waals surface area (Å²) in [7, 11) is 1.63. The van der Waals surface area contributed by atoms with Gasteiger partial charge in [-0.05, 0) is 42.2 Å². The van der Waals surface area contributed by atoms with Crippen molar-refractivity contribution < 1.29 is 9.47 Å². The van der Waals surface area contributed by atoms with Gasteiger partial charge in [-0.3, -0.25) is 0 Å². The first-order chi connectivity index (χ1) is 10.3. The predicted molar refractivity (Wildman–Crippen MR) is 81.9 cm³/mol. The molecular formula is C17H16N2O2. The molecule has 0 amide bonds. The molecule has 4 nitrogen and oxygen atoms in total. The first kappa shape index (κ1) is 12.3. The molecule has 1 aromatic carbocycles. The van der Waals surface area contributed by atoms with E-state index in [-0.39, 0.29) is 0 Å². The van der Waals surface area contributed by atoms with E-state index in [1.165, 1.54) is 11.1 Å². The monoisotopic (exact) mass is 280 g/mol. The van der Waals surface area contributed by atoms with Gasteiger partial charge in [0.05, 0.1) is 13.7 Å². The minimum Gasteiger partial charge on any atom is -0.493 e. The van der Waals surface area contributed by atoms with Crippen LogP contribution in [0.1, 0.15) is 12.0 Å². The summed E-state index contributed by atoms with van der Waals surface area (Å²) >= 11 is 0. The van der Waals surface area contributed by atoms with Gasteiger partial charge < -0.3 is 14.5 Å². The van der Waals surface area contributed by atoms with E-state index in [2.05, 4.69) is 28.2 Å². The van der Waals surface area contributed by atoms with Crippen LogP contribution in [-0.2, 0) is 6.42 Å². The third-order valence-corrected chi connectivity index (χ3v) is 3.94. The summed E-state index contributed by atoms with van der Waals surface area (Å²) in [5, 5.41) is 1.10. The van der Waals surface area contributed by atoms with Gasteiger partial charge in [-0.15, -0.1) is 0 Å². The number of methoxy groups -OCH3 is 1. The quantitative estimate of drug-likeness (QED) is 0.780. The molecule has 0 radical (unpaired) electrons. The molecule has 0 fully saturated rings. The number of H-pyrrole nitrogens is 1. The highest BCUT2D eigenvalue weighted by atomic mass is 16.5. The Balaban J connectivity index is 1.82. The average molecular weight is 280 g/mol. The van der Waals surface area contributed by atoms with Gasteiger partial charge >= 0.3 is 0 Å². The summed E-state index contributed by atoms with van der Waals surface area (Å²) in [5.41, 5.74) is 4.49. The molecule has 1 aliphatic rings. The Kier molecular flexibility index (Phi) is 2.81. The van der Waals surface area contributed by atoms with E-state index in [0.717, 1.165) is 41.8 Å². The summed E-state index contributed by atoms with van der Waals surface area (Å²) in [6, 6.07) is 10.3. The number of nitrogens with one attached hydrogen (secondary N) is 1. The molecule has 1 aliphatic heterocycles. The third-order valence-electron chi connectivity index (χ3n) is 3.94. The van der Waals surface area contributed by atoms with Crippen LogP contribution in [0.4, 0.5) is 0 Å². The van der Waals surface area contributed by atoms with E-state index in [9.17, 15) is 0 Å². The van der Waals surface area contributed by atoms with Crippen molar-refractivity contribution in [3.8, 4) is 22.8 Å². The molecule has 1 N–H and O–H groups in total. The van der Waals surface area contributed by atoms with E-state index in [1.807, 2.05) is 18.3 Å². The number of nitrogens with zero attached hydrogens (tertiary/aromatic N) is 1. The molecule has 0 saturated heterocycles. The summed E-state index contributed by atoms with van der Waals surface area (Å²) in [4.78, 5) is 7.64. The van der Waals surface area contributed by atoms with Crippen LogP contribution in [-0.4, -0.2) is 23.7 Å². The van der Waals surface area contributed by atoms with Crippen LogP contribution < -0.4 is 9.47 Å². The van der Waals surface area contributed by atoms with E-state index < -0.39 is 0 Å². The Labute approximate surface area is 122 Å². The van der Waals surface area contributed by atoms with Gasteiger partial charge in [0.2, 0.25) is 5.88 Å². The topological polar surface area (TPSA) is 47.1 Å². The lowest BCUT2D eigenvalue weighted by molar-refractivity contribution is 0.288. The lowest BCUT2D eigenvalue weighted by Crippen LogP contribution is -2.07. The zero-order valence-electron chi connectivity index (χ0n) is 11.8. The van der Waals surface area contributed by atoms with Crippen molar-refractivity contribution >= 4 is 11.0 Å². The van der Waals surface area contributed by atoms with Crippen LogP contribution in [0.15, 0.2) is 36.5 Å². The zero-order valence-corrected chi connectivity index (χ0v) is 11.8. The Morgan fingerprint density at radius 2 is 2.19 bits per heavy atom. The predicted octanol–water partition coefficient (Wildman–Crippen LogP) is 3.56. The maximum Gasteiger partial charge on any atom is 0.214 e. The molecule has 21 heavy (non-hydrogen) atoms. The van der Waals surface area contributed by atoms with Gasteiger partial charge in [-0.2, -0.15) is 4.98 Å². The van der Waals surface area contributed by atoms with E-state index in [4.69, 9.17) is 9.47 Å². The standard InChI is InChI=1S/C17H16N2O2/c1-20-16-7-5-13-14(10-18-17(13)19-16)11-4-6-15-12(9-11)3-2-8-21-15/h4-7,9-10H,2-3,8H2,1H3,(H,18,19). The Morgan fingerprint density at radius 3 is 3.10 bits per heavy atom. The molecule has 4 heteroatoms. The Morgan fingerprint density at radius 1 is 1.24 bits per heavy atom. The average Bonchev–Trinajstić information content (AvgIpc) is 2.97. The van der Waals surface area contributed by atoms with Crippen LogP contribution >= 0.6 is 0 Å². The largest absolute Gasteiger partial charge is 0.493 e. The van der Waals surface area contributed by atoms with Crippen molar-refractivity contribution in [3.63, 3.8) is 0 Å². The van der Waals surface area contributed by atoms with Crippen LogP contribution in [0.3, 0.4) is 0 Å². The lowest BCUT2D eigenvalue weighted by Gasteiger charge is -2.17. The van der Waals surface area contributed by atoms with Crippen LogP contribution in [0.25, 0.3) is 22.2 Å². The Bertz CT molecular complexity index is 808. The fourth-order valence-corrected chi connectivity index (χ4v) is 2.87. The van der Waals surface area contributed by atoms with Gasteiger partial charge in [-0.25, -0.2) is 0 Å². The number of aromatic nitrogens is 2. The van der Waals surface area contributed by atoms with Crippen LogP contribution in [0.5, 0.6) is 11.6 Å². The maximum absolute atomic E-state index is 5.68. The van der Waals surface area contributed by atoms with Gasteiger partial charge in [0.1, 0.15) is 11.4 Å². The summed E-state index contributed by atoms with van der Waals surface area (Å²) < 4.78 is 10.8. The van der Waals surface area contributed by atoms with E-state index in [0.29, 0.717) is 5.88 Å². The second-order valence-electron chi connectivity index (χ2n) is 5.23. The molecule has 106 valence electrons. The number of pyridine rings is 1. The highest BCUT2D eigenvalue weighted by Gasteiger charge is 2.13. The van der Waals surface area contributed by atoms with Crippen molar-refractivity contribution in [3.05, 3.63) is 42.1 Å². The molecule has 0 saturated carbocycles. The molecule has 0 atom stereocenters. The molecule has 0 aliphatic carbocycles. The minimum atomic E-state index is 0.620. The summed E-state index contributed by atoms with van der Waals surface area (Å²) in [6.07, 6.45) is 4.17. The Hall–Kier alpha value is -2.49. The maximum atomic E-state index is 5.68. The number of ether oxygens (including phenoxy) is 2. The fourth-order valence-electron chi connectivity index (χ4n) is 2.87. The molecule has 0 bridgehead atoms. The van der Waals surface area contributed by atoms with Crippen LogP contribution in [0, 0.1) is 0 Å². The van der Waals surface area contributed by atoms with Gasteiger partial charge in [0.25, 0.3) is 0 Å². The van der Waals surface area contributed by atoms with E-state index in [1.54, 1.807) is 7.11 Å². The van der Waals surface area contributed by atoms with Crippen LogP contribution in [0.2, 0.25) is 0 Å². The number of aryl methyl sites for hydroxylation is 1. The zero-order chi connectivity index (χ0) is 14.2. The highest BCUT2D eigenvalue weighted by molar-refractivity contribution is 5.94. The molecular weight excluding hydrogens is 264 g/mol. The fraction of sp³-hybridized carbons (Fsp3) is 0.235. The molecule has 2 aromatic heterocycles. The number of aromatic amines is 1. The smallest absolute Gasteiger partial charge is 0.214 e. The summed E-state index contributed by atoms with van der Waals surface area (Å²) in [5.74, 6) is 1.64. The number of benzene rings is 1. The number of hydrogen-bond donors (Lipinski definition) is 1. The first-order valence-corrected chi connectivity index (χ1v) is 7.13. The molecule has 4 rings (SSSR count). The lowest BCUT2D eigenvalue weighted by atomic mass is 9.99. The van der Waals surface area contributed by atoms with Crippen molar-refractivity contribution in [2.45, 2.75) is 12.8 Å². The minimum absolute atomic E-state index is 0.620. The van der Waals surface area contributed by atoms with Crippen molar-refractivity contribution in [2.75, 3.05) is 13.7 Å². The van der Waals surface area contributed by atoms with Gasteiger partial charge in [-0.1, -0.05) is 6.07 Å². The third kappa shape index (κ3) is 2.03. The SMILES string of the molecule is COc1ccc2c(-c3ccc4c(c3)CCCO4)c[nH]c2n1. The molecule has 0 spiro atoms. The second-order valence-corrected chi connectivity index (χ2v) is 5.23. The van der Waals surface area contributed by atoms with E-state index >= 15 is 0 Å². The molecule has 3 heterocycles. The highest BCUT2D eigenvalue weighted by Crippen LogP contribution is 2.33. The van der Waals surface area contributed by atoms with Crippen molar-refractivity contribution in [1.29, 1.82) is 0 Å². The molecule has 3 aromatic rings. The van der Waals surface area contributed by atoms with Gasteiger partial charge in [0.15, 0.2) is 0 Å². The molecule has 0 unspecified atom stereocenters. The number of hydrogen-bond acceptors (Lipinski definition) is 3. The summed E-state index contributed by atoms with van der Waals surface area (Å²) in [6.45, 7) is 0.823. The first-order valence-electron chi connectivity index (χ1n) is 7.13. The van der Waals surface area contributed by atoms with Gasteiger partial charge in [0, 0.05) is 23.2 Å².